The van der Waals surface area contributed by atoms with Gasteiger partial charge in [-0.2, -0.15) is 4.37 Å². The summed E-state index contributed by atoms with van der Waals surface area (Å²) in [4.78, 5) is 6.46. The molecule has 3 nitrogen and oxygen atoms in total. The van der Waals surface area contributed by atoms with Crippen LogP contribution in [0.25, 0.3) is 0 Å². The molecular weight excluding hydrogens is 256 g/mol. The van der Waals surface area contributed by atoms with Crippen molar-refractivity contribution in [2.75, 3.05) is 18.0 Å². The molecular formula is C12H17F2N3S. The highest BCUT2D eigenvalue weighted by atomic mass is 32.1. The van der Waals surface area contributed by atoms with Gasteiger partial charge in [0.2, 0.25) is 5.13 Å². The van der Waals surface area contributed by atoms with Gasteiger partial charge in [0, 0.05) is 37.0 Å². The molecule has 1 saturated carbocycles. The molecule has 1 atom stereocenters. The van der Waals surface area contributed by atoms with Crippen LogP contribution >= 0.6 is 11.5 Å². The number of rotatable bonds is 2. The Balaban J connectivity index is 1.76. The fourth-order valence-electron chi connectivity index (χ4n) is 2.71. The molecule has 0 radical (unpaired) electrons. The summed E-state index contributed by atoms with van der Waals surface area (Å²) in [5, 5.41) is 0.806. The van der Waals surface area contributed by atoms with E-state index in [2.05, 4.69) is 9.36 Å². The highest BCUT2D eigenvalue weighted by Crippen LogP contribution is 2.64. The van der Waals surface area contributed by atoms with Crippen LogP contribution in [0.15, 0.2) is 0 Å². The van der Waals surface area contributed by atoms with Crippen molar-refractivity contribution in [2.45, 2.75) is 45.0 Å². The van der Waals surface area contributed by atoms with E-state index < -0.39 is 11.3 Å². The molecule has 1 aromatic heterocycles. The van der Waals surface area contributed by atoms with Crippen molar-refractivity contribution in [3.05, 3.63) is 5.82 Å². The first-order valence-corrected chi connectivity index (χ1v) is 7.17. The summed E-state index contributed by atoms with van der Waals surface area (Å²) in [5.74, 6) is -1.36. The van der Waals surface area contributed by atoms with Gasteiger partial charge in [0.05, 0.1) is 5.41 Å². The Kier molecular flexibility index (Phi) is 2.63. The number of halogens is 2. The maximum atomic E-state index is 13.4. The normalized spacial score (nSPS) is 30.2. The second-order valence-corrected chi connectivity index (χ2v) is 6.51. The summed E-state index contributed by atoms with van der Waals surface area (Å²) < 4.78 is 31.2. The summed E-state index contributed by atoms with van der Waals surface area (Å²) in [5.41, 5.74) is -0.769. The fraction of sp³-hybridized carbons (Fsp3) is 0.833. The van der Waals surface area contributed by atoms with E-state index in [1.165, 1.54) is 11.5 Å². The van der Waals surface area contributed by atoms with Crippen molar-refractivity contribution >= 4 is 16.7 Å². The third-order valence-electron chi connectivity index (χ3n) is 4.01. The third-order valence-corrected chi connectivity index (χ3v) is 4.80. The molecule has 1 saturated heterocycles. The Morgan fingerprint density at radius 2 is 2.11 bits per heavy atom. The van der Waals surface area contributed by atoms with Gasteiger partial charge in [-0.05, 0) is 12.8 Å². The van der Waals surface area contributed by atoms with Gasteiger partial charge in [0.1, 0.15) is 5.82 Å². The smallest absolute Gasteiger partial charge is 0.256 e. The molecule has 100 valence electrons. The minimum atomic E-state index is -2.46. The first-order chi connectivity index (χ1) is 8.44. The zero-order valence-corrected chi connectivity index (χ0v) is 11.4. The molecule has 1 unspecified atom stereocenters. The summed E-state index contributed by atoms with van der Waals surface area (Å²) in [6.07, 6.45) is 1.52. The van der Waals surface area contributed by atoms with Crippen LogP contribution in [-0.4, -0.2) is 28.4 Å². The van der Waals surface area contributed by atoms with Crippen LogP contribution in [-0.2, 0) is 0 Å². The predicted molar refractivity (Wildman–Crippen MR) is 67.4 cm³/mol. The molecule has 1 aliphatic carbocycles. The average molecular weight is 273 g/mol. The minimum absolute atomic E-state index is 0.0480. The lowest BCUT2D eigenvalue weighted by Gasteiger charge is -2.32. The quantitative estimate of drug-likeness (QED) is 0.828. The van der Waals surface area contributed by atoms with Gasteiger partial charge in [-0.15, -0.1) is 0 Å². The van der Waals surface area contributed by atoms with Gasteiger partial charge >= 0.3 is 0 Å². The van der Waals surface area contributed by atoms with Crippen LogP contribution in [0.4, 0.5) is 13.9 Å². The summed E-state index contributed by atoms with van der Waals surface area (Å²) in [6, 6.07) is 0. The summed E-state index contributed by atoms with van der Waals surface area (Å²) in [7, 11) is 0. The maximum Gasteiger partial charge on any atom is 0.256 e. The molecule has 3 rings (SSSR count). The number of alkyl halides is 2. The van der Waals surface area contributed by atoms with Crippen molar-refractivity contribution in [1.82, 2.24) is 9.36 Å². The minimum Gasteiger partial charge on any atom is -0.346 e. The van der Waals surface area contributed by atoms with Crippen molar-refractivity contribution < 1.29 is 8.78 Å². The molecule has 2 fully saturated rings. The Labute approximate surface area is 109 Å². The molecule has 0 aromatic carbocycles. The van der Waals surface area contributed by atoms with E-state index in [0.717, 1.165) is 23.9 Å². The number of hydrogen-bond donors (Lipinski definition) is 0. The number of aromatic nitrogens is 2. The average Bonchev–Trinajstić information content (AvgIpc) is 2.69. The van der Waals surface area contributed by atoms with Crippen LogP contribution in [0.3, 0.4) is 0 Å². The Morgan fingerprint density at radius 3 is 2.67 bits per heavy atom. The lowest BCUT2D eigenvalue weighted by molar-refractivity contribution is 0.0575. The Hall–Kier alpha value is -0.780. The second-order valence-electron chi connectivity index (χ2n) is 5.78. The Morgan fingerprint density at radius 1 is 1.39 bits per heavy atom. The van der Waals surface area contributed by atoms with Crippen LogP contribution in [0.1, 0.15) is 44.9 Å². The SMILES string of the molecule is CC(C)c1nsc(N2CCCC3(C2)CC3(F)F)n1. The van der Waals surface area contributed by atoms with Crippen LogP contribution in [0.2, 0.25) is 0 Å². The third kappa shape index (κ3) is 1.81. The van der Waals surface area contributed by atoms with Gasteiger partial charge in [-0.3, -0.25) is 0 Å². The van der Waals surface area contributed by atoms with Crippen molar-refractivity contribution in [3.8, 4) is 0 Å². The van der Waals surface area contributed by atoms with Crippen LogP contribution in [0, 0.1) is 5.41 Å². The number of hydrogen-bond acceptors (Lipinski definition) is 4. The van der Waals surface area contributed by atoms with Gasteiger partial charge in [-0.25, -0.2) is 13.8 Å². The second kappa shape index (κ2) is 3.85. The zero-order valence-electron chi connectivity index (χ0n) is 10.6. The van der Waals surface area contributed by atoms with E-state index in [-0.39, 0.29) is 12.3 Å². The fourth-order valence-corrected chi connectivity index (χ4v) is 3.54. The molecule has 6 heteroatoms. The first-order valence-electron chi connectivity index (χ1n) is 6.40. The number of anilines is 1. The van der Waals surface area contributed by atoms with Crippen LogP contribution in [0.5, 0.6) is 0 Å². The van der Waals surface area contributed by atoms with Crippen molar-refractivity contribution in [1.29, 1.82) is 0 Å². The monoisotopic (exact) mass is 273 g/mol. The molecule has 2 heterocycles. The largest absolute Gasteiger partial charge is 0.346 e. The van der Waals surface area contributed by atoms with E-state index in [0.29, 0.717) is 13.0 Å². The summed E-state index contributed by atoms with van der Waals surface area (Å²) in [6.45, 7) is 5.34. The van der Waals surface area contributed by atoms with Gasteiger partial charge in [0.15, 0.2) is 0 Å². The standard InChI is InChI=1S/C12H17F2N3S/c1-8(2)9-15-10(18-16-9)17-5-3-4-11(7-17)6-12(11,13)14/h8H,3-7H2,1-2H3. The molecule has 1 aromatic rings. The maximum absolute atomic E-state index is 13.4. The van der Waals surface area contributed by atoms with Gasteiger partial charge < -0.3 is 4.90 Å². The van der Waals surface area contributed by atoms with Crippen molar-refractivity contribution in [2.24, 2.45) is 5.41 Å². The molecule has 0 bridgehead atoms. The van der Waals surface area contributed by atoms with Gasteiger partial charge in [0.25, 0.3) is 5.92 Å². The zero-order chi connectivity index (χ0) is 13.0. The molecule has 2 aliphatic rings. The summed E-state index contributed by atoms with van der Waals surface area (Å²) >= 11 is 1.33. The molecule has 18 heavy (non-hydrogen) atoms. The van der Waals surface area contributed by atoms with E-state index in [1.54, 1.807) is 0 Å². The lowest BCUT2D eigenvalue weighted by Crippen LogP contribution is -2.39. The van der Waals surface area contributed by atoms with Gasteiger partial charge in [-0.1, -0.05) is 13.8 Å². The van der Waals surface area contributed by atoms with E-state index in [9.17, 15) is 8.78 Å². The highest BCUT2D eigenvalue weighted by molar-refractivity contribution is 7.09. The molecule has 0 amide bonds. The molecule has 1 aliphatic heterocycles. The predicted octanol–water partition coefficient (Wildman–Crippen LogP) is 3.29. The lowest BCUT2D eigenvalue weighted by atomic mass is 9.95. The molecule has 1 spiro atoms. The topological polar surface area (TPSA) is 29.0 Å². The highest BCUT2D eigenvalue weighted by Gasteiger charge is 2.71. The van der Waals surface area contributed by atoms with Crippen LogP contribution < -0.4 is 4.90 Å². The van der Waals surface area contributed by atoms with E-state index in [1.807, 2.05) is 18.7 Å². The van der Waals surface area contributed by atoms with Crippen molar-refractivity contribution in [3.63, 3.8) is 0 Å². The van der Waals surface area contributed by atoms with E-state index in [4.69, 9.17) is 0 Å². The molecule has 0 N–H and O–H groups in total. The first kappa shape index (κ1) is 12.3. The number of nitrogens with zero attached hydrogens (tertiary/aromatic N) is 3. The Bertz CT molecular complexity index is 460. The van der Waals surface area contributed by atoms with E-state index >= 15 is 0 Å². The number of piperidine rings is 1.